The maximum absolute atomic E-state index is 15.1. The molecule has 0 aromatic carbocycles. The smallest absolute Gasteiger partial charge is 0.433 e. The Bertz CT molecular complexity index is 1310. The average Bonchev–Trinajstić information content (AvgIpc) is 2.94. The Morgan fingerprint density at radius 1 is 1.24 bits per heavy atom. The van der Waals surface area contributed by atoms with Gasteiger partial charge in [-0.05, 0) is 47.1 Å². The van der Waals surface area contributed by atoms with E-state index in [2.05, 4.69) is 9.97 Å². The van der Waals surface area contributed by atoms with Crippen molar-refractivity contribution in [3.8, 4) is 0 Å². The summed E-state index contributed by atoms with van der Waals surface area (Å²) in [6.07, 6.45) is -5.30. The monoisotopic (exact) mass is 568 g/mol. The maximum Gasteiger partial charge on any atom is 0.433 e. The van der Waals surface area contributed by atoms with E-state index in [1.165, 1.54) is 27.7 Å². The average molecular weight is 569 g/mol. The van der Waals surface area contributed by atoms with Crippen molar-refractivity contribution in [2.75, 3.05) is 0 Å². The van der Waals surface area contributed by atoms with Crippen LogP contribution in [0.15, 0.2) is 17.6 Å². The summed E-state index contributed by atoms with van der Waals surface area (Å²) >= 11 is 5.30. The molecule has 2 aromatic rings. The number of aliphatic hydroxyl groups is 3. The third-order valence-electron chi connectivity index (χ3n) is 6.34. The van der Waals surface area contributed by atoms with Crippen LogP contribution in [0.1, 0.15) is 64.3 Å². The first-order chi connectivity index (χ1) is 16.8. The van der Waals surface area contributed by atoms with E-state index in [0.29, 0.717) is 6.42 Å². The molecule has 37 heavy (non-hydrogen) atoms. The number of nitrogens with one attached hydrogen (secondary N) is 1. The number of pyridine rings is 2. The van der Waals surface area contributed by atoms with Crippen molar-refractivity contribution in [1.82, 2.24) is 9.97 Å². The van der Waals surface area contributed by atoms with Gasteiger partial charge >= 0.3 is 6.18 Å². The van der Waals surface area contributed by atoms with Crippen molar-refractivity contribution < 1.29 is 47.0 Å². The first kappa shape index (κ1) is 29.7. The molecule has 206 valence electrons. The number of hydrogen-bond acceptors (Lipinski definition) is 8. The molecule has 0 saturated heterocycles. The van der Waals surface area contributed by atoms with Crippen LogP contribution in [0.25, 0.3) is 11.0 Å². The normalized spacial score (nSPS) is 24.6. The molecule has 8 nitrogen and oxygen atoms in total. The fraction of sp³-hybridized carbons (Fsp3) is 0.565. The molecular formula is C23H29F4N2O6PS. The number of rotatable bonds is 7. The largest absolute Gasteiger partial charge is 0.506 e. The van der Waals surface area contributed by atoms with E-state index in [1.54, 1.807) is 6.92 Å². The lowest BCUT2D eigenvalue weighted by atomic mass is 9.93. The molecule has 0 bridgehead atoms. The van der Waals surface area contributed by atoms with Gasteiger partial charge in [0.15, 0.2) is 22.8 Å². The van der Waals surface area contributed by atoms with Gasteiger partial charge in [0.1, 0.15) is 27.0 Å². The van der Waals surface area contributed by atoms with Crippen LogP contribution in [-0.2, 0) is 21.0 Å². The number of alkyl halides is 3. The van der Waals surface area contributed by atoms with E-state index in [4.69, 9.17) is 21.5 Å². The number of halogens is 4. The van der Waals surface area contributed by atoms with E-state index < -0.39 is 71.4 Å². The van der Waals surface area contributed by atoms with E-state index in [1.807, 2.05) is 0 Å². The summed E-state index contributed by atoms with van der Waals surface area (Å²) in [6.45, 7) is 8.31. The highest BCUT2D eigenvalue weighted by molar-refractivity contribution is 7.71. The minimum atomic E-state index is -4.89. The SMILES string of the molecule is CCC(CC1(C)OC(C)(c2cc3c(F)c(C)c(C(F)(F)F)nc3[nH]c2=S)C(O)=C1O)OP(O)C(C)(C)O. The first-order valence-electron chi connectivity index (χ1n) is 11.3. The highest BCUT2D eigenvalue weighted by Crippen LogP contribution is 2.52. The second-order valence-corrected chi connectivity index (χ2v) is 12.1. The van der Waals surface area contributed by atoms with Crippen LogP contribution in [0.2, 0.25) is 0 Å². The van der Waals surface area contributed by atoms with Crippen LogP contribution < -0.4 is 0 Å². The van der Waals surface area contributed by atoms with Gasteiger partial charge in [-0.2, -0.15) is 13.2 Å². The van der Waals surface area contributed by atoms with Crippen molar-refractivity contribution in [3.05, 3.63) is 44.9 Å². The standard InChI is InChI=1S/C23H29F4N2O6PS/c1-7-11(34-36(33)20(3,4)32)9-21(5)16(30)17(31)22(6,35-21)13-8-12-14(24)10(2)15(23(25,26)27)28-18(12)29-19(13)37/h8,11,30-33H,7,9H2,1-6H3,(H,28,29,37). The van der Waals surface area contributed by atoms with E-state index in [-0.39, 0.29) is 22.0 Å². The molecule has 0 aliphatic carbocycles. The topological polar surface area (TPSA) is 128 Å². The van der Waals surface area contributed by atoms with Crippen molar-refractivity contribution in [2.24, 2.45) is 0 Å². The Labute approximate surface area is 216 Å². The Morgan fingerprint density at radius 3 is 2.35 bits per heavy atom. The summed E-state index contributed by atoms with van der Waals surface area (Å²) in [5.41, 5.74) is -5.94. The number of H-pyrrole nitrogens is 1. The molecule has 0 radical (unpaired) electrons. The zero-order chi connectivity index (χ0) is 28.3. The highest BCUT2D eigenvalue weighted by atomic mass is 32.1. The summed E-state index contributed by atoms with van der Waals surface area (Å²) in [7, 11) is -2.26. The molecule has 5 N–H and O–H groups in total. The van der Waals surface area contributed by atoms with Crippen LogP contribution in [-0.4, -0.2) is 47.2 Å². The van der Waals surface area contributed by atoms with Gasteiger partial charge in [0.2, 0.25) is 8.38 Å². The zero-order valence-electron chi connectivity index (χ0n) is 21.0. The molecule has 1 aliphatic rings. The lowest BCUT2D eigenvalue weighted by Crippen LogP contribution is -2.37. The Kier molecular flexibility index (Phi) is 7.77. The molecule has 0 amide bonds. The van der Waals surface area contributed by atoms with Crippen molar-refractivity contribution in [2.45, 2.75) is 83.2 Å². The highest BCUT2D eigenvalue weighted by Gasteiger charge is 2.54. The van der Waals surface area contributed by atoms with Crippen molar-refractivity contribution in [1.29, 1.82) is 0 Å². The predicted octanol–water partition coefficient (Wildman–Crippen LogP) is 6.31. The lowest BCUT2D eigenvalue weighted by molar-refractivity contribution is -0.141. The summed E-state index contributed by atoms with van der Waals surface area (Å²) in [6, 6.07) is 1.13. The van der Waals surface area contributed by atoms with Gasteiger partial charge < -0.3 is 34.5 Å². The third-order valence-corrected chi connectivity index (χ3v) is 8.10. The molecule has 14 heteroatoms. The zero-order valence-corrected chi connectivity index (χ0v) is 22.7. The van der Waals surface area contributed by atoms with E-state index >= 15 is 4.39 Å². The minimum absolute atomic E-state index is 0.0162. The summed E-state index contributed by atoms with van der Waals surface area (Å²) in [5.74, 6) is -2.36. The first-order valence-corrected chi connectivity index (χ1v) is 12.9. The van der Waals surface area contributed by atoms with Gasteiger partial charge in [0.05, 0.1) is 11.5 Å². The molecule has 4 unspecified atom stereocenters. The van der Waals surface area contributed by atoms with Crippen molar-refractivity contribution in [3.63, 3.8) is 0 Å². The van der Waals surface area contributed by atoms with Crippen LogP contribution in [0.5, 0.6) is 0 Å². The number of aliphatic hydroxyl groups excluding tert-OH is 2. The second-order valence-electron chi connectivity index (χ2n) is 9.84. The molecule has 1 aliphatic heterocycles. The predicted molar refractivity (Wildman–Crippen MR) is 131 cm³/mol. The Hall–Kier alpha value is -1.89. The van der Waals surface area contributed by atoms with Crippen LogP contribution in [0.3, 0.4) is 0 Å². The van der Waals surface area contributed by atoms with Crippen molar-refractivity contribution >= 4 is 31.6 Å². The number of hydrogen-bond donors (Lipinski definition) is 5. The van der Waals surface area contributed by atoms with E-state index in [9.17, 15) is 33.4 Å². The molecule has 3 rings (SSSR count). The number of fused-ring (bicyclic) bond motifs is 1. The third kappa shape index (κ3) is 5.35. The summed E-state index contributed by atoms with van der Waals surface area (Å²) in [5, 5.41) is 30.0. The number of aromatic amines is 1. The molecule has 2 aromatic heterocycles. The minimum Gasteiger partial charge on any atom is -0.506 e. The second kappa shape index (κ2) is 9.69. The fourth-order valence-electron chi connectivity index (χ4n) is 4.21. The van der Waals surface area contributed by atoms with Gasteiger partial charge in [0.25, 0.3) is 0 Å². The number of nitrogens with zero attached hydrogens (tertiary/aromatic N) is 1. The quantitative estimate of drug-likeness (QED) is 0.149. The van der Waals surface area contributed by atoms with Gasteiger partial charge in [0, 0.05) is 17.5 Å². The Morgan fingerprint density at radius 2 is 1.84 bits per heavy atom. The molecule has 3 heterocycles. The molecule has 0 saturated carbocycles. The van der Waals surface area contributed by atoms with Gasteiger partial charge in [-0.15, -0.1) is 0 Å². The number of aromatic nitrogens is 2. The molecule has 0 spiro atoms. The van der Waals surface area contributed by atoms with Gasteiger partial charge in [-0.3, -0.25) is 0 Å². The molecular weight excluding hydrogens is 539 g/mol. The molecule has 4 atom stereocenters. The lowest BCUT2D eigenvalue weighted by Gasteiger charge is -2.35. The van der Waals surface area contributed by atoms with E-state index in [0.717, 1.165) is 13.0 Å². The molecule has 0 fully saturated rings. The van der Waals surface area contributed by atoms with Crippen LogP contribution in [0, 0.1) is 17.4 Å². The maximum atomic E-state index is 15.1. The van der Waals surface area contributed by atoms with Crippen LogP contribution in [0.4, 0.5) is 17.6 Å². The summed E-state index contributed by atoms with van der Waals surface area (Å²) < 4.78 is 66.5. The number of ether oxygens (including phenoxy) is 1. The van der Waals surface area contributed by atoms with Gasteiger partial charge in [-0.1, -0.05) is 19.1 Å². The summed E-state index contributed by atoms with van der Waals surface area (Å²) in [4.78, 5) is 16.2. The van der Waals surface area contributed by atoms with Crippen LogP contribution >= 0.6 is 20.6 Å². The fourth-order valence-corrected chi connectivity index (χ4v) is 5.33. The Balaban J connectivity index is 2.06. The van der Waals surface area contributed by atoms with Gasteiger partial charge in [-0.25, -0.2) is 9.37 Å².